The predicted octanol–water partition coefficient (Wildman–Crippen LogP) is 1.68. The first-order chi connectivity index (χ1) is 7.27. The second-order valence-corrected chi connectivity index (χ2v) is 3.09. The van der Waals surface area contributed by atoms with E-state index in [-0.39, 0.29) is 6.04 Å². The number of nitrogens with one attached hydrogen (secondary N) is 1. The Kier molecular flexibility index (Phi) is 4.57. The molecule has 0 saturated carbocycles. The Hall–Kier alpha value is -1.61. The van der Waals surface area contributed by atoms with Crippen LogP contribution < -0.4 is 5.32 Å². The van der Waals surface area contributed by atoms with Gasteiger partial charge in [0.25, 0.3) is 0 Å². The third kappa shape index (κ3) is 3.56. The number of rotatable bonds is 5. The summed E-state index contributed by atoms with van der Waals surface area (Å²) in [6, 6.07) is 9.86. The minimum atomic E-state index is -0.397. The largest absolute Gasteiger partial charge is 0.461 e. The molecule has 0 bridgehead atoms. The van der Waals surface area contributed by atoms with E-state index in [0.717, 1.165) is 11.6 Å². The van der Waals surface area contributed by atoms with Crippen LogP contribution in [-0.2, 0) is 9.53 Å². The first-order valence-electron chi connectivity index (χ1n) is 4.79. The van der Waals surface area contributed by atoms with E-state index in [4.69, 9.17) is 4.74 Å². The average molecular weight is 205 g/mol. The second-order valence-electron chi connectivity index (χ2n) is 3.09. The number of likely N-dealkylation sites (N-methyl/N-ethyl adjacent to an activating group) is 1. The zero-order valence-corrected chi connectivity index (χ0v) is 8.77. The third-order valence-corrected chi connectivity index (χ3v) is 2.11. The van der Waals surface area contributed by atoms with E-state index < -0.39 is 5.97 Å². The highest BCUT2D eigenvalue weighted by atomic mass is 16.5. The Labute approximate surface area is 89.8 Å². The number of carbonyl (C=O) groups is 1. The van der Waals surface area contributed by atoms with Gasteiger partial charge >= 0.3 is 5.97 Å². The van der Waals surface area contributed by atoms with Gasteiger partial charge in [-0.2, -0.15) is 0 Å². The maximum absolute atomic E-state index is 10.9. The molecule has 0 aliphatic carbocycles. The van der Waals surface area contributed by atoms with E-state index in [0.29, 0.717) is 6.61 Å². The second kappa shape index (κ2) is 5.98. The van der Waals surface area contributed by atoms with Gasteiger partial charge in [0, 0.05) is 6.08 Å². The van der Waals surface area contributed by atoms with E-state index in [1.807, 2.05) is 37.4 Å². The molecule has 0 aromatic heterocycles. The number of benzene rings is 1. The molecule has 1 unspecified atom stereocenters. The van der Waals surface area contributed by atoms with Gasteiger partial charge in [-0.05, 0) is 12.6 Å². The zero-order valence-electron chi connectivity index (χ0n) is 8.77. The normalized spacial score (nSPS) is 11.8. The zero-order chi connectivity index (χ0) is 11.1. The van der Waals surface area contributed by atoms with Crippen LogP contribution >= 0.6 is 0 Å². The van der Waals surface area contributed by atoms with Crippen molar-refractivity contribution in [2.75, 3.05) is 13.7 Å². The number of hydrogen-bond donors (Lipinski definition) is 1. The fourth-order valence-electron chi connectivity index (χ4n) is 1.26. The summed E-state index contributed by atoms with van der Waals surface area (Å²) < 4.78 is 4.98. The molecule has 0 saturated heterocycles. The molecule has 80 valence electrons. The van der Waals surface area contributed by atoms with E-state index in [9.17, 15) is 4.79 Å². The van der Waals surface area contributed by atoms with Crippen molar-refractivity contribution in [2.45, 2.75) is 6.04 Å². The summed E-state index contributed by atoms with van der Waals surface area (Å²) in [5.41, 5.74) is 1.09. The monoisotopic (exact) mass is 205 g/mol. The molecule has 0 amide bonds. The number of ether oxygens (including phenoxy) is 1. The quantitative estimate of drug-likeness (QED) is 0.587. The number of esters is 1. The molecule has 3 nitrogen and oxygen atoms in total. The van der Waals surface area contributed by atoms with Gasteiger partial charge in [0.2, 0.25) is 0 Å². The van der Waals surface area contributed by atoms with Crippen LogP contribution in [0.4, 0.5) is 0 Å². The van der Waals surface area contributed by atoms with Gasteiger partial charge in [-0.3, -0.25) is 0 Å². The molecule has 3 heteroatoms. The Bertz CT molecular complexity index is 322. The molecule has 15 heavy (non-hydrogen) atoms. The van der Waals surface area contributed by atoms with Crippen LogP contribution in [0.15, 0.2) is 43.0 Å². The molecular weight excluding hydrogens is 190 g/mol. The Morgan fingerprint density at radius 2 is 2.20 bits per heavy atom. The van der Waals surface area contributed by atoms with Crippen LogP contribution in [0.1, 0.15) is 11.6 Å². The lowest BCUT2D eigenvalue weighted by atomic mass is 10.1. The first kappa shape index (κ1) is 11.5. The first-order valence-corrected chi connectivity index (χ1v) is 4.79. The maximum atomic E-state index is 10.9. The molecule has 0 spiro atoms. The van der Waals surface area contributed by atoms with Crippen LogP contribution in [0.2, 0.25) is 0 Å². The average Bonchev–Trinajstić information content (AvgIpc) is 2.31. The summed E-state index contributed by atoms with van der Waals surface area (Å²) in [4.78, 5) is 10.9. The van der Waals surface area contributed by atoms with Gasteiger partial charge in [0.05, 0.1) is 6.04 Å². The van der Waals surface area contributed by atoms with Crippen LogP contribution in [0, 0.1) is 0 Å². The van der Waals surface area contributed by atoms with Gasteiger partial charge in [0.15, 0.2) is 0 Å². The fourth-order valence-corrected chi connectivity index (χ4v) is 1.26. The summed E-state index contributed by atoms with van der Waals surface area (Å²) in [5.74, 6) is -0.397. The summed E-state index contributed by atoms with van der Waals surface area (Å²) in [6.45, 7) is 3.65. The SMILES string of the molecule is C=CC(=O)OCC(NC)c1ccccc1. The van der Waals surface area contributed by atoms with Crippen molar-refractivity contribution in [3.05, 3.63) is 48.6 Å². The predicted molar refractivity (Wildman–Crippen MR) is 59.4 cm³/mol. The summed E-state index contributed by atoms with van der Waals surface area (Å²) in [6.07, 6.45) is 1.16. The molecule has 1 rings (SSSR count). The maximum Gasteiger partial charge on any atom is 0.330 e. The Balaban J connectivity index is 2.57. The lowest BCUT2D eigenvalue weighted by Gasteiger charge is -2.15. The Morgan fingerprint density at radius 3 is 2.73 bits per heavy atom. The van der Waals surface area contributed by atoms with Gasteiger partial charge in [-0.25, -0.2) is 4.79 Å². The molecular formula is C12H15NO2. The van der Waals surface area contributed by atoms with E-state index in [2.05, 4.69) is 11.9 Å². The molecule has 0 fully saturated rings. The van der Waals surface area contributed by atoms with Gasteiger partial charge in [-0.1, -0.05) is 36.9 Å². The Morgan fingerprint density at radius 1 is 1.53 bits per heavy atom. The highest BCUT2D eigenvalue weighted by Gasteiger charge is 2.09. The smallest absolute Gasteiger partial charge is 0.330 e. The van der Waals surface area contributed by atoms with Crippen molar-refractivity contribution in [3.8, 4) is 0 Å². The van der Waals surface area contributed by atoms with Crippen molar-refractivity contribution in [1.82, 2.24) is 5.32 Å². The van der Waals surface area contributed by atoms with Crippen LogP contribution in [-0.4, -0.2) is 19.6 Å². The molecule has 1 aromatic rings. The lowest BCUT2D eigenvalue weighted by Crippen LogP contribution is -2.22. The lowest BCUT2D eigenvalue weighted by molar-refractivity contribution is -0.138. The third-order valence-electron chi connectivity index (χ3n) is 2.11. The van der Waals surface area contributed by atoms with Crippen molar-refractivity contribution in [1.29, 1.82) is 0 Å². The van der Waals surface area contributed by atoms with Crippen molar-refractivity contribution >= 4 is 5.97 Å². The topological polar surface area (TPSA) is 38.3 Å². The van der Waals surface area contributed by atoms with E-state index >= 15 is 0 Å². The van der Waals surface area contributed by atoms with Crippen LogP contribution in [0.5, 0.6) is 0 Å². The van der Waals surface area contributed by atoms with E-state index in [1.54, 1.807) is 0 Å². The standard InChI is InChI=1S/C12H15NO2/c1-3-12(14)15-9-11(13-2)10-7-5-4-6-8-10/h3-8,11,13H,1,9H2,2H3. The summed E-state index contributed by atoms with van der Waals surface area (Å²) >= 11 is 0. The molecule has 0 aliphatic heterocycles. The summed E-state index contributed by atoms with van der Waals surface area (Å²) in [7, 11) is 1.83. The minimum Gasteiger partial charge on any atom is -0.461 e. The highest BCUT2D eigenvalue weighted by Crippen LogP contribution is 2.11. The van der Waals surface area contributed by atoms with Gasteiger partial charge < -0.3 is 10.1 Å². The van der Waals surface area contributed by atoms with Gasteiger partial charge in [-0.15, -0.1) is 0 Å². The number of hydrogen-bond acceptors (Lipinski definition) is 3. The highest BCUT2D eigenvalue weighted by molar-refractivity contribution is 5.81. The summed E-state index contributed by atoms with van der Waals surface area (Å²) in [5, 5.41) is 3.09. The minimum absolute atomic E-state index is 0.0232. The molecule has 1 atom stereocenters. The molecule has 1 aromatic carbocycles. The van der Waals surface area contributed by atoms with Crippen LogP contribution in [0.25, 0.3) is 0 Å². The fraction of sp³-hybridized carbons (Fsp3) is 0.250. The van der Waals surface area contributed by atoms with E-state index in [1.165, 1.54) is 0 Å². The van der Waals surface area contributed by atoms with Gasteiger partial charge in [0.1, 0.15) is 6.61 Å². The van der Waals surface area contributed by atoms with Crippen molar-refractivity contribution < 1.29 is 9.53 Å². The van der Waals surface area contributed by atoms with Crippen molar-refractivity contribution in [3.63, 3.8) is 0 Å². The molecule has 0 radical (unpaired) electrons. The number of carbonyl (C=O) groups excluding carboxylic acids is 1. The van der Waals surface area contributed by atoms with Crippen LogP contribution in [0.3, 0.4) is 0 Å². The molecule has 0 heterocycles. The molecule has 1 N–H and O–H groups in total. The van der Waals surface area contributed by atoms with Crippen molar-refractivity contribution in [2.24, 2.45) is 0 Å². The molecule has 0 aliphatic rings.